The molecule has 0 saturated heterocycles. The minimum absolute atomic E-state index is 0.372. The van der Waals surface area contributed by atoms with E-state index >= 15 is 0 Å². The molecule has 3 nitrogen and oxygen atoms in total. The van der Waals surface area contributed by atoms with Gasteiger partial charge < -0.3 is 10.1 Å². The Kier molecular flexibility index (Phi) is 5.42. The third kappa shape index (κ3) is 4.08. The highest BCUT2D eigenvalue weighted by Crippen LogP contribution is 2.31. The summed E-state index contributed by atoms with van der Waals surface area (Å²) in [6.45, 7) is 2.69. The lowest BCUT2D eigenvalue weighted by Gasteiger charge is -2.14. The summed E-state index contributed by atoms with van der Waals surface area (Å²) in [4.78, 5) is 11.9. The SMILES string of the molecule is COC(=O)c1cc(Br)cc(Br)c1NCc1cccc(C)c1. The quantitative estimate of drug-likeness (QED) is 0.724. The number of ether oxygens (including phenoxy) is 1. The van der Waals surface area contributed by atoms with Gasteiger partial charge in [0.05, 0.1) is 18.4 Å². The second kappa shape index (κ2) is 7.09. The van der Waals surface area contributed by atoms with E-state index in [1.54, 1.807) is 6.07 Å². The highest BCUT2D eigenvalue weighted by atomic mass is 79.9. The third-order valence-electron chi connectivity index (χ3n) is 3.01. The molecule has 110 valence electrons. The van der Waals surface area contributed by atoms with Gasteiger partial charge in [-0.3, -0.25) is 0 Å². The lowest BCUT2D eigenvalue weighted by molar-refractivity contribution is 0.0601. The molecule has 1 N–H and O–H groups in total. The minimum Gasteiger partial charge on any atom is -0.465 e. The highest BCUT2D eigenvalue weighted by molar-refractivity contribution is 9.11. The van der Waals surface area contributed by atoms with Gasteiger partial charge in [0.2, 0.25) is 0 Å². The molecule has 0 amide bonds. The van der Waals surface area contributed by atoms with Crippen LogP contribution < -0.4 is 5.32 Å². The lowest BCUT2D eigenvalue weighted by atomic mass is 10.1. The topological polar surface area (TPSA) is 38.3 Å². The van der Waals surface area contributed by atoms with Gasteiger partial charge in [-0.05, 0) is 40.5 Å². The van der Waals surface area contributed by atoms with E-state index in [4.69, 9.17) is 4.74 Å². The first-order valence-electron chi connectivity index (χ1n) is 6.38. The largest absolute Gasteiger partial charge is 0.465 e. The van der Waals surface area contributed by atoms with Crippen molar-refractivity contribution in [2.24, 2.45) is 0 Å². The summed E-state index contributed by atoms with van der Waals surface area (Å²) in [7, 11) is 1.38. The molecule has 0 aliphatic carbocycles. The van der Waals surface area contributed by atoms with E-state index in [-0.39, 0.29) is 5.97 Å². The fraction of sp³-hybridized carbons (Fsp3) is 0.188. The van der Waals surface area contributed by atoms with Gasteiger partial charge >= 0.3 is 5.97 Å². The van der Waals surface area contributed by atoms with Crippen LogP contribution in [-0.2, 0) is 11.3 Å². The number of carbonyl (C=O) groups is 1. The molecule has 0 bridgehead atoms. The van der Waals surface area contributed by atoms with Gasteiger partial charge in [0.25, 0.3) is 0 Å². The number of esters is 1. The van der Waals surface area contributed by atoms with Gasteiger partial charge in [-0.1, -0.05) is 45.8 Å². The molecular weight excluding hydrogens is 398 g/mol. The van der Waals surface area contributed by atoms with Crippen LogP contribution in [0.3, 0.4) is 0 Å². The van der Waals surface area contributed by atoms with Gasteiger partial charge in [0.1, 0.15) is 0 Å². The Bertz CT molecular complexity index is 671. The molecule has 2 aromatic rings. The molecular formula is C16H15Br2NO2. The maximum absolute atomic E-state index is 11.9. The number of hydrogen-bond donors (Lipinski definition) is 1. The second-order valence-corrected chi connectivity index (χ2v) is 6.41. The molecule has 0 aromatic heterocycles. The average molecular weight is 413 g/mol. The minimum atomic E-state index is -0.372. The first-order chi connectivity index (χ1) is 10.0. The lowest BCUT2D eigenvalue weighted by Crippen LogP contribution is -2.09. The number of benzene rings is 2. The molecule has 21 heavy (non-hydrogen) atoms. The van der Waals surface area contributed by atoms with E-state index in [2.05, 4.69) is 56.2 Å². The van der Waals surface area contributed by atoms with E-state index < -0.39 is 0 Å². The fourth-order valence-corrected chi connectivity index (χ4v) is 3.40. The van der Waals surface area contributed by atoms with Crippen molar-refractivity contribution in [2.45, 2.75) is 13.5 Å². The van der Waals surface area contributed by atoms with E-state index in [1.807, 2.05) is 18.2 Å². The standard InChI is InChI=1S/C16H15Br2NO2/c1-10-4-3-5-11(6-10)9-19-15-13(16(20)21-2)7-12(17)8-14(15)18/h3-8,19H,9H2,1-2H3. The molecule has 2 aromatic carbocycles. The number of hydrogen-bond acceptors (Lipinski definition) is 3. The number of nitrogens with one attached hydrogen (secondary N) is 1. The van der Waals surface area contributed by atoms with Crippen LogP contribution in [0.15, 0.2) is 45.3 Å². The molecule has 2 rings (SSSR count). The Morgan fingerprint density at radius 3 is 2.67 bits per heavy atom. The Balaban J connectivity index is 2.28. The van der Waals surface area contributed by atoms with Crippen LogP contribution in [0, 0.1) is 6.92 Å². The Morgan fingerprint density at radius 1 is 1.24 bits per heavy atom. The second-order valence-electron chi connectivity index (χ2n) is 4.64. The number of halogens is 2. The predicted octanol–water partition coefficient (Wildman–Crippen LogP) is 4.92. The van der Waals surface area contributed by atoms with Crippen molar-refractivity contribution in [3.63, 3.8) is 0 Å². The first-order valence-corrected chi connectivity index (χ1v) is 7.96. The summed E-state index contributed by atoms with van der Waals surface area (Å²) in [6, 6.07) is 11.9. The Labute approximate surface area is 141 Å². The molecule has 0 aliphatic rings. The van der Waals surface area contributed by atoms with Crippen molar-refractivity contribution >= 4 is 43.5 Å². The van der Waals surface area contributed by atoms with Crippen LogP contribution in [0.5, 0.6) is 0 Å². The van der Waals surface area contributed by atoms with Gasteiger partial charge in [-0.2, -0.15) is 0 Å². The summed E-state index contributed by atoms with van der Waals surface area (Å²) in [5.41, 5.74) is 3.58. The fourth-order valence-electron chi connectivity index (χ4n) is 2.04. The molecule has 0 saturated carbocycles. The Morgan fingerprint density at radius 2 is 2.00 bits per heavy atom. The molecule has 0 unspecified atom stereocenters. The molecule has 0 aliphatic heterocycles. The summed E-state index contributed by atoms with van der Waals surface area (Å²) >= 11 is 6.87. The van der Waals surface area contributed by atoms with Crippen LogP contribution in [0.2, 0.25) is 0 Å². The van der Waals surface area contributed by atoms with Gasteiger partial charge in [0, 0.05) is 15.5 Å². The monoisotopic (exact) mass is 411 g/mol. The molecule has 0 heterocycles. The molecule has 0 spiro atoms. The van der Waals surface area contributed by atoms with Crippen molar-refractivity contribution in [3.8, 4) is 0 Å². The van der Waals surface area contributed by atoms with E-state index in [1.165, 1.54) is 12.7 Å². The summed E-state index contributed by atoms with van der Waals surface area (Å²) in [6.07, 6.45) is 0. The van der Waals surface area contributed by atoms with Gasteiger partial charge in [-0.25, -0.2) is 4.79 Å². The molecule has 0 radical (unpaired) electrons. The summed E-state index contributed by atoms with van der Waals surface area (Å²) < 4.78 is 6.46. The zero-order valence-electron chi connectivity index (χ0n) is 11.7. The predicted molar refractivity (Wildman–Crippen MR) is 91.7 cm³/mol. The third-order valence-corrected chi connectivity index (χ3v) is 4.10. The van der Waals surface area contributed by atoms with Crippen LogP contribution in [0.1, 0.15) is 21.5 Å². The van der Waals surface area contributed by atoms with Crippen molar-refractivity contribution < 1.29 is 9.53 Å². The normalized spacial score (nSPS) is 10.3. The number of methoxy groups -OCH3 is 1. The number of rotatable bonds is 4. The zero-order chi connectivity index (χ0) is 15.4. The van der Waals surface area contributed by atoms with Gasteiger partial charge in [-0.15, -0.1) is 0 Å². The number of aryl methyl sites for hydroxylation is 1. The van der Waals surface area contributed by atoms with Crippen molar-refractivity contribution in [1.82, 2.24) is 0 Å². The van der Waals surface area contributed by atoms with E-state index in [9.17, 15) is 4.79 Å². The average Bonchev–Trinajstić information content (AvgIpc) is 2.45. The molecule has 0 atom stereocenters. The van der Waals surface area contributed by atoms with Gasteiger partial charge in [0.15, 0.2) is 0 Å². The van der Waals surface area contributed by atoms with Crippen molar-refractivity contribution in [3.05, 3.63) is 62.0 Å². The summed E-state index contributed by atoms with van der Waals surface area (Å²) in [5, 5.41) is 3.30. The van der Waals surface area contributed by atoms with Crippen molar-refractivity contribution in [1.29, 1.82) is 0 Å². The maximum atomic E-state index is 11.9. The van der Waals surface area contributed by atoms with Crippen LogP contribution in [-0.4, -0.2) is 13.1 Å². The highest BCUT2D eigenvalue weighted by Gasteiger charge is 2.16. The van der Waals surface area contributed by atoms with Crippen LogP contribution in [0.4, 0.5) is 5.69 Å². The van der Waals surface area contributed by atoms with E-state index in [0.717, 1.165) is 20.2 Å². The number of carbonyl (C=O) groups excluding carboxylic acids is 1. The molecule has 5 heteroatoms. The first kappa shape index (κ1) is 16.0. The summed E-state index contributed by atoms with van der Waals surface area (Å²) in [5.74, 6) is -0.372. The molecule has 0 fully saturated rings. The maximum Gasteiger partial charge on any atom is 0.340 e. The Hall–Kier alpha value is -1.33. The zero-order valence-corrected chi connectivity index (χ0v) is 14.9. The smallest absolute Gasteiger partial charge is 0.340 e. The number of anilines is 1. The van der Waals surface area contributed by atoms with Crippen molar-refractivity contribution in [2.75, 3.05) is 12.4 Å². The van der Waals surface area contributed by atoms with Crippen LogP contribution in [0.25, 0.3) is 0 Å². The van der Waals surface area contributed by atoms with E-state index in [0.29, 0.717) is 12.1 Å². The van der Waals surface area contributed by atoms with Crippen LogP contribution >= 0.6 is 31.9 Å².